The summed E-state index contributed by atoms with van der Waals surface area (Å²) < 4.78 is 9.16. The van der Waals surface area contributed by atoms with E-state index in [0.717, 1.165) is 61.4 Å². The van der Waals surface area contributed by atoms with Crippen LogP contribution in [0.5, 0.6) is 0 Å². The van der Waals surface area contributed by atoms with Crippen molar-refractivity contribution in [2.24, 2.45) is 11.7 Å². The molecular formula is C29H34N4O5S. The van der Waals surface area contributed by atoms with Crippen molar-refractivity contribution in [1.29, 1.82) is 0 Å². The molecule has 2 fully saturated rings. The second-order valence-corrected chi connectivity index (χ2v) is 10.7. The van der Waals surface area contributed by atoms with Gasteiger partial charge in [0, 0.05) is 41.7 Å². The lowest BCUT2D eigenvalue weighted by Gasteiger charge is -2.30. The van der Waals surface area contributed by atoms with E-state index in [4.69, 9.17) is 10.2 Å². The molecule has 10 heteroatoms. The number of nitrogens with zero attached hydrogens (tertiary/aromatic N) is 3. The van der Waals surface area contributed by atoms with Gasteiger partial charge in [-0.1, -0.05) is 60.7 Å². The predicted molar refractivity (Wildman–Crippen MR) is 149 cm³/mol. The van der Waals surface area contributed by atoms with Gasteiger partial charge in [-0.25, -0.2) is 4.79 Å². The van der Waals surface area contributed by atoms with Crippen LogP contribution in [0.1, 0.15) is 58.2 Å². The standard InChI is InChI=1S/C15H16N2O3S.C14H18N2O2/c18-13(11-5-2-1-3-6-11)10-17-8-4-7-12(9-17)14-16-21-15(19)20-14;15-14(18)12-7-4-8-16(9-12)10-13(17)11-5-2-1-3-6-11/h1-3,5-6,12H,4,7-10H2;1-3,5-6,12H,4,7-10H2,(H2,15,18). The molecule has 3 heterocycles. The number of ketones is 2. The number of hydrogen-bond donors (Lipinski definition) is 1. The number of carbonyl (C=O) groups excluding carboxylic acids is 3. The molecular weight excluding hydrogens is 516 g/mol. The highest BCUT2D eigenvalue weighted by molar-refractivity contribution is 7.02. The summed E-state index contributed by atoms with van der Waals surface area (Å²) in [4.78, 5) is 50.3. The second kappa shape index (κ2) is 14.1. The third-order valence-corrected chi connectivity index (χ3v) is 7.59. The Hall–Kier alpha value is -3.47. The molecule has 2 atom stereocenters. The first-order valence-corrected chi connectivity index (χ1v) is 14.0. The smallest absolute Gasteiger partial charge is 0.398 e. The highest BCUT2D eigenvalue weighted by Crippen LogP contribution is 2.25. The van der Waals surface area contributed by atoms with Crippen molar-refractivity contribution in [1.82, 2.24) is 14.2 Å². The maximum atomic E-state index is 12.2. The van der Waals surface area contributed by atoms with E-state index < -0.39 is 0 Å². The molecule has 2 N–H and O–H groups in total. The topological polar surface area (TPSA) is 127 Å². The molecule has 2 aromatic carbocycles. The van der Waals surface area contributed by atoms with Crippen LogP contribution < -0.4 is 10.7 Å². The zero-order valence-corrected chi connectivity index (χ0v) is 22.7. The first-order valence-electron chi connectivity index (χ1n) is 13.3. The van der Waals surface area contributed by atoms with Crippen LogP contribution in [0.4, 0.5) is 0 Å². The van der Waals surface area contributed by atoms with Crippen LogP contribution in [-0.2, 0) is 4.79 Å². The largest absolute Gasteiger partial charge is 0.414 e. The van der Waals surface area contributed by atoms with Gasteiger partial charge in [-0.15, -0.1) is 0 Å². The molecule has 2 unspecified atom stereocenters. The fourth-order valence-corrected chi connectivity index (χ4v) is 5.51. The molecule has 206 valence electrons. The molecule has 2 aliphatic heterocycles. The number of carbonyl (C=O) groups is 3. The third-order valence-electron chi connectivity index (χ3n) is 7.09. The van der Waals surface area contributed by atoms with E-state index in [1.165, 1.54) is 0 Å². The van der Waals surface area contributed by atoms with Gasteiger partial charge in [0.15, 0.2) is 11.6 Å². The van der Waals surface area contributed by atoms with E-state index in [0.29, 0.717) is 32.1 Å². The number of amides is 1. The average molecular weight is 551 g/mol. The number of benzene rings is 2. The molecule has 0 saturated carbocycles. The number of hydrogen-bond acceptors (Lipinski definition) is 9. The lowest BCUT2D eigenvalue weighted by molar-refractivity contribution is -0.123. The Bertz CT molecular complexity index is 1290. The minimum atomic E-state index is -0.359. The Kier molecular flexibility index (Phi) is 10.3. The zero-order valence-electron chi connectivity index (χ0n) is 21.9. The van der Waals surface area contributed by atoms with Gasteiger partial charge in [-0.05, 0) is 38.8 Å². The lowest BCUT2D eigenvalue weighted by Crippen LogP contribution is -2.43. The van der Waals surface area contributed by atoms with Crippen LogP contribution in [0, 0.1) is 5.92 Å². The minimum absolute atomic E-state index is 0.0979. The predicted octanol–water partition coefficient (Wildman–Crippen LogP) is 3.23. The van der Waals surface area contributed by atoms with E-state index >= 15 is 0 Å². The summed E-state index contributed by atoms with van der Waals surface area (Å²) in [5, 5.41) is 0. The Morgan fingerprint density at radius 1 is 0.846 bits per heavy atom. The van der Waals surface area contributed by atoms with Gasteiger partial charge in [-0.2, -0.15) is 4.37 Å². The molecule has 3 aromatic rings. The highest BCUT2D eigenvalue weighted by Gasteiger charge is 2.27. The van der Waals surface area contributed by atoms with Gasteiger partial charge >= 0.3 is 4.94 Å². The Morgan fingerprint density at radius 3 is 1.90 bits per heavy atom. The molecule has 2 aliphatic rings. The number of likely N-dealkylation sites (tertiary alicyclic amines) is 2. The van der Waals surface area contributed by atoms with Crippen molar-refractivity contribution in [2.45, 2.75) is 31.6 Å². The molecule has 1 amide bonds. The molecule has 2 saturated heterocycles. The summed E-state index contributed by atoms with van der Waals surface area (Å²) in [5.74, 6) is 0.481. The maximum Gasteiger partial charge on any atom is 0.414 e. The summed E-state index contributed by atoms with van der Waals surface area (Å²) in [5.41, 5.74) is 6.78. The van der Waals surface area contributed by atoms with Gasteiger partial charge < -0.3 is 10.2 Å². The van der Waals surface area contributed by atoms with Gasteiger partial charge in [0.05, 0.1) is 19.0 Å². The molecule has 5 rings (SSSR count). The van der Waals surface area contributed by atoms with Crippen LogP contribution in [0.3, 0.4) is 0 Å². The van der Waals surface area contributed by atoms with Gasteiger partial charge in [0.25, 0.3) is 0 Å². The minimum Gasteiger partial charge on any atom is -0.398 e. The third kappa shape index (κ3) is 8.51. The summed E-state index contributed by atoms with van der Waals surface area (Å²) in [7, 11) is 0. The maximum absolute atomic E-state index is 12.2. The average Bonchev–Trinajstić information content (AvgIpc) is 3.41. The summed E-state index contributed by atoms with van der Waals surface area (Å²) in [6.07, 6.45) is 3.69. The monoisotopic (exact) mass is 550 g/mol. The lowest BCUT2D eigenvalue weighted by atomic mass is 9.97. The van der Waals surface area contributed by atoms with Crippen molar-refractivity contribution in [3.63, 3.8) is 0 Å². The first kappa shape index (κ1) is 28.5. The zero-order chi connectivity index (χ0) is 27.6. The van der Waals surface area contributed by atoms with Crippen LogP contribution >= 0.6 is 11.5 Å². The fourth-order valence-electron chi connectivity index (χ4n) is 5.03. The molecule has 0 aliphatic carbocycles. The van der Waals surface area contributed by atoms with E-state index in [9.17, 15) is 19.2 Å². The van der Waals surface area contributed by atoms with E-state index in [-0.39, 0.29) is 34.2 Å². The van der Waals surface area contributed by atoms with Crippen LogP contribution in [-0.4, -0.2) is 70.9 Å². The van der Waals surface area contributed by atoms with Crippen molar-refractivity contribution in [3.05, 3.63) is 87.4 Å². The summed E-state index contributed by atoms with van der Waals surface area (Å²) in [6, 6.07) is 18.6. The number of primary amides is 1. The van der Waals surface area contributed by atoms with E-state index in [2.05, 4.69) is 9.27 Å². The Balaban J connectivity index is 0.000000183. The Labute approximate surface area is 231 Å². The number of piperidine rings is 2. The quantitative estimate of drug-likeness (QED) is 0.424. The first-order chi connectivity index (χ1) is 18.9. The Morgan fingerprint density at radius 2 is 1.38 bits per heavy atom. The SMILES string of the molecule is NC(=O)C1CCCN(CC(=O)c2ccccc2)C1.O=C(CN1CCCC(c2nsc(=O)o2)C1)c1ccccc1. The van der Waals surface area contributed by atoms with Crippen molar-refractivity contribution >= 4 is 29.0 Å². The molecule has 0 radical (unpaired) electrons. The summed E-state index contributed by atoms with van der Waals surface area (Å²) in [6.45, 7) is 3.84. The van der Waals surface area contributed by atoms with Crippen LogP contribution in [0.2, 0.25) is 0 Å². The molecule has 1 aromatic heterocycles. The number of nitrogens with two attached hydrogens (primary N) is 1. The van der Waals surface area contributed by atoms with Gasteiger partial charge in [0.1, 0.15) is 0 Å². The van der Waals surface area contributed by atoms with Gasteiger partial charge in [0.2, 0.25) is 11.8 Å². The molecule has 0 spiro atoms. The van der Waals surface area contributed by atoms with E-state index in [1.54, 1.807) is 0 Å². The van der Waals surface area contributed by atoms with Crippen LogP contribution in [0.25, 0.3) is 0 Å². The van der Waals surface area contributed by atoms with Crippen LogP contribution in [0.15, 0.2) is 69.9 Å². The second-order valence-electron chi connectivity index (χ2n) is 10.0. The van der Waals surface area contributed by atoms with E-state index in [1.807, 2.05) is 65.6 Å². The van der Waals surface area contributed by atoms with Crippen molar-refractivity contribution < 1.29 is 18.8 Å². The molecule has 0 bridgehead atoms. The number of Topliss-reactive ketones (excluding diaryl/α,β-unsaturated/α-hetero) is 2. The number of rotatable bonds is 8. The fraction of sp³-hybridized carbons (Fsp3) is 0.414. The number of aromatic nitrogens is 1. The molecule has 9 nitrogen and oxygen atoms in total. The highest BCUT2D eigenvalue weighted by atomic mass is 32.1. The normalized spacial score (nSPS) is 20.0. The molecule has 39 heavy (non-hydrogen) atoms. The van der Waals surface area contributed by atoms with Crippen molar-refractivity contribution in [2.75, 3.05) is 39.3 Å². The van der Waals surface area contributed by atoms with Crippen molar-refractivity contribution in [3.8, 4) is 0 Å². The van der Waals surface area contributed by atoms with Gasteiger partial charge in [-0.3, -0.25) is 24.2 Å². The summed E-state index contributed by atoms with van der Waals surface area (Å²) >= 11 is 0.852.